The first-order chi connectivity index (χ1) is 0. The van der Waals surface area contributed by atoms with E-state index in [0.29, 0.717) is 0 Å². The Labute approximate surface area is 118 Å². The van der Waals surface area contributed by atoms with Gasteiger partial charge in [0.1, 0.15) is 0 Å². The molecule has 4 heavy (non-hydrogen) atoms. The fourth-order valence-corrected chi connectivity index (χ4v) is 0. The van der Waals surface area contributed by atoms with Crippen molar-refractivity contribution in [3.63, 3.8) is 0 Å². The monoisotopic (exact) mass is 128 g/mol. The largest absolute Gasteiger partial charge is 0 e. The molecule has 0 saturated carbocycles. The van der Waals surface area contributed by atoms with E-state index in [-0.39, 0.29) is 122 Å². The van der Waals surface area contributed by atoms with Crippen molar-refractivity contribution >= 4 is 122 Å². The van der Waals surface area contributed by atoms with Crippen LogP contribution in [-0.4, -0.2) is 122 Å². The van der Waals surface area contributed by atoms with Crippen LogP contribution in [0.25, 0.3) is 0 Å². The Morgan fingerprint density at radius 2 is 0.500 bits per heavy atom. The van der Waals surface area contributed by atoms with Crippen LogP contribution in [0.4, 0.5) is 0 Å². The van der Waals surface area contributed by atoms with Gasteiger partial charge in [-0.3, -0.25) is 0 Å². The SMILES string of the molecule is [Ca].[Ca].[Mg].[Mg]. The van der Waals surface area contributed by atoms with Gasteiger partial charge in [0.25, 0.3) is 0 Å². The Hall–Kier alpha value is 4.05. The van der Waals surface area contributed by atoms with Gasteiger partial charge in [-0.15, -0.1) is 0 Å². The van der Waals surface area contributed by atoms with Crippen molar-refractivity contribution in [2.24, 2.45) is 0 Å². The molecule has 0 atom stereocenters. The van der Waals surface area contributed by atoms with Crippen molar-refractivity contribution in [1.29, 1.82) is 0 Å². The summed E-state index contributed by atoms with van der Waals surface area (Å²) in [4.78, 5) is 0. The zero-order valence-electron chi connectivity index (χ0n) is 2.83. The van der Waals surface area contributed by atoms with Gasteiger partial charge < -0.3 is 0 Å². The van der Waals surface area contributed by atoms with Crippen molar-refractivity contribution in [2.75, 3.05) is 0 Å². The van der Waals surface area contributed by atoms with Crippen LogP contribution < -0.4 is 0 Å². The van der Waals surface area contributed by atoms with Crippen LogP contribution in [0, 0.1) is 0 Å². The minimum Gasteiger partial charge on any atom is 0 e. The van der Waals surface area contributed by atoms with Crippen molar-refractivity contribution in [1.82, 2.24) is 0 Å². The van der Waals surface area contributed by atoms with Gasteiger partial charge in [0, 0.05) is 122 Å². The molecule has 0 aliphatic rings. The molecule has 0 heterocycles. The molecule has 0 bridgehead atoms. The Balaban J connectivity index is 0. The second-order valence-corrected chi connectivity index (χ2v) is 0. The summed E-state index contributed by atoms with van der Waals surface area (Å²) in [7, 11) is 0. The second-order valence-electron chi connectivity index (χ2n) is 0. The molecule has 0 aliphatic carbocycles. The molecule has 0 amide bonds. The normalized spacial score (nSPS) is 0. The van der Waals surface area contributed by atoms with Crippen LogP contribution >= 0.6 is 0 Å². The molecule has 0 fully saturated rings. The van der Waals surface area contributed by atoms with E-state index < -0.39 is 0 Å². The van der Waals surface area contributed by atoms with Crippen LogP contribution in [0.3, 0.4) is 0 Å². The van der Waals surface area contributed by atoms with E-state index in [2.05, 4.69) is 0 Å². The smallest absolute Gasteiger partial charge is 0 e. The molecule has 0 nitrogen and oxygen atoms in total. The van der Waals surface area contributed by atoms with Crippen LogP contribution in [0.2, 0.25) is 0 Å². The Morgan fingerprint density at radius 3 is 0.500 bits per heavy atom. The summed E-state index contributed by atoms with van der Waals surface area (Å²) in [5.41, 5.74) is 0. The Bertz CT molecular complexity index is 4.00. The third kappa shape index (κ3) is 9.41. The summed E-state index contributed by atoms with van der Waals surface area (Å²) >= 11 is 0. The van der Waals surface area contributed by atoms with Crippen molar-refractivity contribution in [2.45, 2.75) is 0 Å². The quantitative estimate of drug-likeness (QED) is 0.348. The molecule has 0 spiro atoms. The van der Waals surface area contributed by atoms with Crippen molar-refractivity contribution < 1.29 is 0 Å². The number of hydrogen-bond donors (Lipinski definition) is 0. The van der Waals surface area contributed by atoms with E-state index in [1.807, 2.05) is 0 Å². The van der Waals surface area contributed by atoms with Gasteiger partial charge in [0.15, 0.2) is 0 Å². The van der Waals surface area contributed by atoms with E-state index in [1.54, 1.807) is 0 Å². The molecular formula is Ca2Mg2. The first-order valence-electron chi connectivity index (χ1n) is 0. The van der Waals surface area contributed by atoms with Crippen LogP contribution in [0.1, 0.15) is 0 Å². The molecule has 8 radical (unpaired) electrons. The summed E-state index contributed by atoms with van der Waals surface area (Å²) < 4.78 is 0. The third-order valence-corrected chi connectivity index (χ3v) is 0. The maximum absolute atomic E-state index is 0. The molecule has 0 N–H and O–H groups in total. The van der Waals surface area contributed by atoms with E-state index in [4.69, 9.17) is 0 Å². The van der Waals surface area contributed by atoms with Crippen LogP contribution in [0.5, 0.6) is 0 Å². The number of hydrogen-bond acceptors (Lipinski definition) is 0. The molecular weight excluding hydrogens is 129 g/mol. The third-order valence-electron chi connectivity index (χ3n) is 0. The minimum atomic E-state index is 0. The van der Waals surface area contributed by atoms with E-state index in [1.165, 1.54) is 0 Å². The molecule has 0 aliphatic heterocycles. The van der Waals surface area contributed by atoms with Crippen LogP contribution in [0.15, 0.2) is 0 Å². The summed E-state index contributed by atoms with van der Waals surface area (Å²) in [5, 5.41) is 0. The molecule has 0 aromatic heterocycles. The molecule has 0 unspecified atom stereocenters. The molecule has 8 valence electrons. The summed E-state index contributed by atoms with van der Waals surface area (Å²) in [6.45, 7) is 0. The van der Waals surface area contributed by atoms with Crippen LogP contribution in [-0.2, 0) is 0 Å². The second kappa shape index (κ2) is 15.7. The van der Waals surface area contributed by atoms with E-state index >= 15 is 0 Å². The van der Waals surface area contributed by atoms with Gasteiger partial charge >= 0.3 is 0 Å². The molecule has 0 rings (SSSR count). The zero-order valence-corrected chi connectivity index (χ0v) is 10.1. The zero-order chi connectivity index (χ0) is 0. The van der Waals surface area contributed by atoms with Crippen molar-refractivity contribution in [3.05, 3.63) is 0 Å². The molecule has 0 aromatic rings. The van der Waals surface area contributed by atoms with Gasteiger partial charge in [-0.05, 0) is 0 Å². The van der Waals surface area contributed by atoms with Gasteiger partial charge in [0.2, 0.25) is 0 Å². The first-order valence-corrected chi connectivity index (χ1v) is 0. The standard InChI is InChI=1S/2Ca.2Mg. The fourth-order valence-electron chi connectivity index (χ4n) is 0. The molecule has 4 heteroatoms. The minimum absolute atomic E-state index is 0. The predicted octanol–water partition coefficient (Wildman–Crippen LogP) is -1.52. The molecule has 0 aromatic carbocycles. The maximum atomic E-state index is 0. The Kier molecular flexibility index (Phi) is 95.9. The number of rotatable bonds is 0. The summed E-state index contributed by atoms with van der Waals surface area (Å²) in [6, 6.07) is 0. The topological polar surface area (TPSA) is 0 Å². The summed E-state index contributed by atoms with van der Waals surface area (Å²) in [6.07, 6.45) is 0. The van der Waals surface area contributed by atoms with Crippen molar-refractivity contribution in [3.8, 4) is 0 Å². The molecule has 0 saturated heterocycles. The van der Waals surface area contributed by atoms with Gasteiger partial charge in [-0.25, -0.2) is 0 Å². The maximum Gasteiger partial charge on any atom is 0 e. The summed E-state index contributed by atoms with van der Waals surface area (Å²) in [5.74, 6) is 0. The predicted molar refractivity (Wildman–Crippen MR) is 23.0 cm³/mol. The van der Waals surface area contributed by atoms with Gasteiger partial charge in [-0.2, -0.15) is 0 Å². The average Bonchev–Trinajstić information content (AvgIpc) is 0. The van der Waals surface area contributed by atoms with Gasteiger partial charge in [0.05, 0.1) is 0 Å². The fraction of sp³-hybridized carbons (Fsp3) is 0. The Morgan fingerprint density at radius 1 is 0.500 bits per heavy atom. The first kappa shape index (κ1) is 24.4. The van der Waals surface area contributed by atoms with E-state index in [0.717, 1.165) is 0 Å². The van der Waals surface area contributed by atoms with Gasteiger partial charge in [-0.1, -0.05) is 0 Å². The average molecular weight is 129 g/mol. The van der Waals surface area contributed by atoms with E-state index in [9.17, 15) is 0 Å².